The summed E-state index contributed by atoms with van der Waals surface area (Å²) in [6.45, 7) is 3.27. The Labute approximate surface area is 112 Å². The smallest absolute Gasteiger partial charge is 0.234 e. The molecule has 1 aromatic heterocycles. The molecule has 4 nitrogen and oxygen atoms in total. The van der Waals surface area contributed by atoms with E-state index in [9.17, 15) is 4.79 Å². The molecule has 0 aliphatic carbocycles. The average Bonchev–Trinajstić information content (AvgIpc) is 3.00. The van der Waals surface area contributed by atoms with Gasteiger partial charge in [0.1, 0.15) is 0 Å². The first-order chi connectivity index (χ1) is 8.78. The van der Waals surface area contributed by atoms with Crippen LogP contribution in [0.3, 0.4) is 0 Å². The Morgan fingerprint density at radius 1 is 1.61 bits per heavy atom. The predicted molar refractivity (Wildman–Crippen MR) is 74.9 cm³/mol. The lowest BCUT2D eigenvalue weighted by atomic mass is 10.3. The van der Waals surface area contributed by atoms with Gasteiger partial charge in [-0.25, -0.2) is 0 Å². The number of carbonyl (C=O) groups excluding carboxylic acids is 1. The van der Waals surface area contributed by atoms with Gasteiger partial charge < -0.3 is 10.6 Å². The highest BCUT2D eigenvalue weighted by Crippen LogP contribution is 2.09. The Morgan fingerprint density at radius 3 is 3.17 bits per heavy atom. The van der Waals surface area contributed by atoms with E-state index in [1.807, 2.05) is 13.1 Å². The van der Waals surface area contributed by atoms with Crippen LogP contribution in [0, 0.1) is 0 Å². The van der Waals surface area contributed by atoms with Gasteiger partial charge in [-0.1, -0.05) is 6.07 Å². The summed E-state index contributed by atoms with van der Waals surface area (Å²) in [5.41, 5.74) is 0. The number of thiophene rings is 1. The van der Waals surface area contributed by atoms with Gasteiger partial charge in [0, 0.05) is 30.6 Å². The Bertz CT molecular complexity index is 366. The normalized spacial score (nSPS) is 20.2. The van der Waals surface area contributed by atoms with Crippen molar-refractivity contribution in [3.63, 3.8) is 0 Å². The average molecular weight is 267 g/mol. The molecule has 1 atom stereocenters. The predicted octanol–water partition coefficient (Wildman–Crippen LogP) is 0.701. The minimum absolute atomic E-state index is 0.142. The third-order valence-corrected chi connectivity index (χ3v) is 4.26. The van der Waals surface area contributed by atoms with Gasteiger partial charge in [-0.2, -0.15) is 0 Å². The second-order valence-electron chi connectivity index (χ2n) is 4.69. The number of likely N-dealkylation sites (N-methyl/N-ethyl adjacent to an activating group) is 1. The summed E-state index contributed by atoms with van der Waals surface area (Å²) < 4.78 is 0. The van der Waals surface area contributed by atoms with E-state index in [4.69, 9.17) is 0 Å². The first kappa shape index (κ1) is 13.5. The Morgan fingerprint density at radius 2 is 2.50 bits per heavy atom. The second kappa shape index (κ2) is 6.87. The van der Waals surface area contributed by atoms with Crippen molar-refractivity contribution in [2.24, 2.45) is 0 Å². The van der Waals surface area contributed by atoms with Crippen LogP contribution in [0.15, 0.2) is 17.5 Å². The van der Waals surface area contributed by atoms with Crippen LogP contribution in [0.25, 0.3) is 0 Å². The SMILES string of the molecule is CNC1CCN(CC(=O)NCCc2cccs2)C1. The van der Waals surface area contributed by atoms with E-state index in [0.29, 0.717) is 12.6 Å². The van der Waals surface area contributed by atoms with Gasteiger partial charge in [0.2, 0.25) is 5.91 Å². The molecule has 1 fully saturated rings. The van der Waals surface area contributed by atoms with Crippen LogP contribution in [0.4, 0.5) is 0 Å². The van der Waals surface area contributed by atoms with E-state index in [-0.39, 0.29) is 5.91 Å². The van der Waals surface area contributed by atoms with E-state index in [0.717, 1.165) is 32.5 Å². The van der Waals surface area contributed by atoms with Crippen molar-refractivity contribution < 1.29 is 4.79 Å². The largest absolute Gasteiger partial charge is 0.355 e. The lowest BCUT2D eigenvalue weighted by Gasteiger charge is -2.15. The first-order valence-electron chi connectivity index (χ1n) is 6.46. The van der Waals surface area contributed by atoms with Gasteiger partial charge in [0.25, 0.3) is 0 Å². The molecule has 1 aromatic rings. The molecule has 5 heteroatoms. The van der Waals surface area contributed by atoms with Crippen LogP contribution < -0.4 is 10.6 Å². The van der Waals surface area contributed by atoms with Crippen LogP contribution in [0.1, 0.15) is 11.3 Å². The molecule has 2 rings (SSSR count). The molecule has 100 valence electrons. The standard InChI is InChI=1S/C13H21N3OS/c1-14-11-5-7-16(9-11)10-13(17)15-6-4-12-3-2-8-18-12/h2-3,8,11,14H,4-7,9-10H2,1H3,(H,15,17). The van der Waals surface area contributed by atoms with Gasteiger partial charge in [-0.3, -0.25) is 9.69 Å². The summed E-state index contributed by atoms with van der Waals surface area (Å²) in [6, 6.07) is 4.70. The molecule has 0 saturated carbocycles. The fraction of sp³-hybridized carbons (Fsp3) is 0.615. The third kappa shape index (κ3) is 4.08. The lowest BCUT2D eigenvalue weighted by molar-refractivity contribution is -0.121. The van der Waals surface area contributed by atoms with Crippen molar-refractivity contribution in [2.75, 3.05) is 33.2 Å². The van der Waals surface area contributed by atoms with E-state index in [1.165, 1.54) is 4.88 Å². The second-order valence-corrected chi connectivity index (χ2v) is 5.72. The van der Waals surface area contributed by atoms with Gasteiger partial charge >= 0.3 is 0 Å². The highest BCUT2D eigenvalue weighted by atomic mass is 32.1. The number of carbonyl (C=O) groups is 1. The molecule has 1 unspecified atom stereocenters. The molecule has 2 heterocycles. The van der Waals surface area contributed by atoms with Crippen molar-refractivity contribution in [2.45, 2.75) is 18.9 Å². The molecular formula is C13H21N3OS. The highest BCUT2D eigenvalue weighted by Gasteiger charge is 2.22. The highest BCUT2D eigenvalue weighted by molar-refractivity contribution is 7.09. The van der Waals surface area contributed by atoms with E-state index in [1.54, 1.807) is 11.3 Å². The molecule has 0 aromatic carbocycles. The maximum Gasteiger partial charge on any atom is 0.234 e. The summed E-state index contributed by atoms with van der Waals surface area (Å²) in [5.74, 6) is 0.142. The van der Waals surface area contributed by atoms with E-state index in [2.05, 4.69) is 27.0 Å². The fourth-order valence-corrected chi connectivity index (χ4v) is 2.96. The van der Waals surface area contributed by atoms with Crippen LogP contribution in [-0.4, -0.2) is 50.1 Å². The molecule has 0 spiro atoms. The zero-order chi connectivity index (χ0) is 12.8. The maximum atomic E-state index is 11.8. The van der Waals surface area contributed by atoms with Crippen molar-refractivity contribution in [3.8, 4) is 0 Å². The molecule has 0 bridgehead atoms. The van der Waals surface area contributed by atoms with Crippen LogP contribution >= 0.6 is 11.3 Å². The number of rotatable bonds is 6. The Balaban J connectivity index is 1.61. The molecule has 2 N–H and O–H groups in total. The lowest BCUT2D eigenvalue weighted by Crippen LogP contribution is -2.38. The summed E-state index contributed by atoms with van der Waals surface area (Å²) >= 11 is 1.74. The quantitative estimate of drug-likeness (QED) is 0.797. The van der Waals surface area contributed by atoms with Crippen molar-refractivity contribution in [1.82, 2.24) is 15.5 Å². The zero-order valence-electron chi connectivity index (χ0n) is 10.8. The Hall–Kier alpha value is -0.910. The summed E-state index contributed by atoms with van der Waals surface area (Å²) in [5, 5.41) is 8.31. The van der Waals surface area contributed by atoms with Gasteiger partial charge in [-0.15, -0.1) is 11.3 Å². The number of amides is 1. The summed E-state index contributed by atoms with van der Waals surface area (Å²) in [4.78, 5) is 15.3. The first-order valence-corrected chi connectivity index (χ1v) is 7.34. The molecule has 18 heavy (non-hydrogen) atoms. The minimum Gasteiger partial charge on any atom is -0.355 e. The number of hydrogen-bond acceptors (Lipinski definition) is 4. The molecule has 0 radical (unpaired) electrons. The number of nitrogens with one attached hydrogen (secondary N) is 2. The van der Waals surface area contributed by atoms with Crippen LogP contribution in [0.2, 0.25) is 0 Å². The number of nitrogens with zero attached hydrogens (tertiary/aromatic N) is 1. The van der Waals surface area contributed by atoms with E-state index < -0.39 is 0 Å². The molecule has 1 saturated heterocycles. The van der Waals surface area contributed by atoms with Crippen LogP contribution in [0.5, 0.6) is 0 Å². The Kier molecular flexibility index (Phi) is 5.16. The summed E-state index contributed by atoms with van der Waals surface area (Å²) in [7, 11) is 1.98. The van der Waals surface area contributed by atoms with Gasteiger partial charge in [-0.05, 0) is 31.3 Å². The zero-order valence-corrected chi connectivity index (χ0v) is 11.6. The number of hydrogen-bond donors (Lipinski definition) is 2. The fourth-order valence-electron chi connectivity index (χ4n) is 2.25. The molecule has 1 aliphatic heterocycles. The van der Waals surface area contributed by atoms with Crippen molar-refractivity contribution in [3.05, 3.63) is 22.4 Å². The van der Waals surface area contributed by atoms with Gasteiger partial charge in [0.05, 0.1) is 6.54 Å². The van der Waals surface area contributed by atoms with Crippen LogP contribution in [-0.2, 0) is 11.2 Å². The van der Waals surface area contributed by atoms with E-state index >= 15 is 0 Å². The van der Waals surface area contributed by atoms with Crippen molar-refractivity contribution in [1.29, 1.82) is 0 Å². The molecular weight excluding hydrogens is 246 g/mol. The summed E-state index contributed by atoms with van der Waals surface area (Å²) in [6.07, 6.45) is 2.07. The topological polar surface area (TPSA) is 44.4 Å². The molecule has 1 aliphatic rings. The maximum absolute atomic E-state index is 11.8. The number of likely N-dealkylation sites (tertiary alicyclic amines) is 1. The third-order valence-electron chi connectivity index (χ3n) is 3.32. The van der Waals surface area contributed by atoms with Gasteiger partial charge in [0.15, 0.2) is 0 Å². The molecule has 1 amide bonds. The van der Waals surface area contributed by atoms with Crippen molar-refractivity contribution >= 4 is 17.2 Å². The monoisotopic (exact) mass is 267 g/mol. The minimum atomic E-state index is 0.142.